The van der Waals surface area contributed by atoms with Crippen molar-refractivity contribution in [2.24, 2.45) is 0 Å². The Bertz CT molecular complexity index is 2330. The average molecular weight is 619 g/mol. The van der Waals surface area contributed by atoms with Crippen LogP contribution in [-0.4, -0.2) is 0 Å². The standard InChI is InChI=1S/C48H42/c1-47(2,3)41-19-23-45-39(29-41)15-13-37-27-35(17-21-43(37)45)33-11-7-9-31(25-33)32-10-8-12-34(26-32)36-18-22-44-38(28-36)14-16-40-30-42(48(4,5)6)20-24-46(40)44/h7-30H,1-6H3. The molecule has 0 aliphatic carbocycles. The SMILES string of the molecule is CC(C)(C)c1ccc2c(ccc3cc(-c4cccc(-c5cccc(-c6ccc7c(ccc8cc(C(C)(C)C)ccc87)c6)c5)c4)ccc32)c1. The van der Waals surface area contributed by atoms with Crippen molar-refractivity contribution in [2.75, 3.05) is 0 Å². The maximum atomic E-state index is 2.35. The highest BCUT2D eigenvalue weighted by Gasteiger charge is 2.16. The molecule has 48 heavy (non-hydrogen) atoms. The van der Waals surface area contributed by atoms with Gasteiger partial charge in [0.15, 0.2) is 0 Å². The second-order valence-electron chi connectivity index (χ2n) is 15.5. The molecule has 8 rings (SSSR count). The molecule has 0 aliphatic heterocycles. The van der Waals surface area contributed by atoms with E-state index in [1.807, 2.05) is 0 Å². The molecule has 0 saturated heterocycles. The fraction of sp³-hybridized carbons (Fsp3) is 0.167. The third-order valence-electron chi connectivity index (χ3n) is 10.1. The molecule has 0 unspecified atom stereocenters. The second kappa shape index (κ2) is 11.2. The number of hydrogen-bond donors (Lipinski definition) is 0. The average Bonchev–Trinajstić information content (AvgIpc) is 3.10. The van der Waals surface area contributed by atoms with Crippen LogP contribution in [0.15, 0.2) is 146 Å². The van der Waals surface area contributed by atoms with E-state index in [1.54, 1.807) is 0 Å². The summed E-state index contributed by atoms with van der Waals surface area (Å²) >= 11 is 0. The van der Waals surface area contributed by atoms with E-state index in [-0.39, 0.29) is 10.8 Å². The lowest BCUT2D eigenvalue weighted by Gasteiger charge is -2.20. The van der Waals surface area contributed by atoms with Gasteiger partial charge < -0.3 is 0 Å². The van der Waals surface area contributed by atoms with Crippen molar-refractivity contribution in [2.45, 2.75) is 52.4 Å². The van der Waals surface area contributed by atoms with Crippen molar-refractivity contribution >= 4 is 43.1 Å². The monoisotopic (exact) mass is 618 g/mol. The first-order valence-corrected chi connectivity index (χ1v) is 17.2. The molecule has 0 fully saturated rings. The molecule has 0 heteroatoms. The first kappa shape index (κ1) is 30.2. The zero-order chi connectivity index (χ0) is 33.2. The van der Waals surface area contributed by atoms with Crippen LogP contribution in [0.4, 0.5) is 0 Å². The normalized spacial score (nSPS) is 12.4. The van der Waals surface area contributed by atoms with Crippen molar-refractivity contribution in [1.82, 2.24) is 0 Å². The maximum absolute atomic E-state index is 2.35. The Hall–Kier alpha value is -5.20. The summed E-state index contributed by atoms with van der Waals surface area (Å²) in [5, 5.41) is 10.4. The summed E-state index contributed by atoms with van der Waals surface area (Å²) in [5.41, 5.74) is 10.4. The molecule has 0 aromatic heterocycles. The zero-order valence-corrected chi connectivity index (χ0v) is 28.9. The van der Waals surface area contributed by atoms with Gasteiger partial charge in [0.1, 0.15) is 0 Å². The Labute approximate surface area is 284 Å². The minimum atomic E-state index is 0.138. The van der Waals surface area contributed by atoms with E-state index in [9.17, 15) is 0 Å². The Morgan fingerprint density at radius 3 is 0.896 bits per heavy atom. The minimum Gasteiger partial charge on any atom is -0.0610 e. The molecule has 8 aromatic carbocycles. The van der Waals surface area contributed by atoms with Crippen LogP contribution in [0.2, 0.25) is 0 Å². The summed E-state index contributed by atoms with van der Waals surface area (Å²) < 4.78 is 0. The van der Waals surface area contributed by atoms with Gasteiger partial charge in [0.25, 0.3) is 0 Å². The Balaban J connectivity index is 1.12. The van der Waals surface area contributed by atoms with Gasteiger partial charge in [-0.15, -0.1) is 0 Å². The quantitative estimate of drug-likeness (QED) is 0.173. The largest absolute Gasteiger partial charge is 0.0610 e. The van der Waals surface area contributed by atoms with Crippen LogP contribution in [0.3, 0.4) is 0 Å². The highest BCUT2D eigenvalue weighted by Crippen LogP contribution is 2.36. The number of fused-ring (bicyclic) bond motifs is 6. The van der Waals surface area contributed by atoms with Crippen molar-refractivity contribution in [1.29, 1.82) is 0 Å². The van der Waals surface area contributed by atoms with Crippen LogP contribution >= 0.6 is 0 Å². The lowest BCUT2D eigenvalue weighted by atomic mass is 9.85. The summed E-state index contributed by atoms with van der Waals surface area (Å²) in [6.07, 6.45) is 0. The number of benzene rings is 8. The van der Waals surface area contributed by atoms with Gasteiger partial charge in [0.05, 0.1) is 0 Å². The molecule has 0 radical (unpaired) electrons. The Morgan fingerprint density at radius 2 is 0.562 bits per heavy atom. The first-order chi connectivity index (χ1) is 23.0. The Kier molecular flexibility index (Phi) is 7.04. The van der Waals surface area contributed by atoms with E-state index in [4.69, 9.17) is 0 Å². The molecule has 0 spiro atoms. The van der Waals surface area contributed by atoms with E-state index in [0.717, 1.165) is 0 Å². The molecular weight excluding hydrogens is 577 g/mol. The van der Waals surface area contributed by atoms with Gasteiger partial charge >= 0.3 is 0 Å². The van der Waals surface area contributed by atoms with Crippen LogP contribution in [0.5, 0.6) is 0 Å². The van der Waals surface area contributed by atoms with Gasteiger partial charge in [-0.3, -0.25) is 0 Å². The molecule has 0 aliphatic rings. The summed E-state index contributed by atoms with van der Waals surface area (Å²) in [6, 6.07) is 54.7. The van der Waals surface area contributed by atoms with Crippen LogP contribution in [0.1, 0.15) is 52.7 Å². The third-order valence-corrected chi connectivity index (χ3v) is 10.1. The fourth-order valence-electron chi connectivity index (χ4n) is 7.19. The molecule has 0 bridgehead atoms. The predicted molar refractivity (Wildman–Crippen MR) is 210 cm³/mol. The van der Waals surface area contributed by atoms with E-state index in [0.29, 0.717) is 0 Å². The summed E-state index contributed by atoms with van der Waals surface area (Å²) in [6.45, 7) is 13.7. The van der Waals surface area contributed by atoms with E-state index in [1.165, 1.54) is 87.6 Å². The number of rotatable bonds is 3. The van der Waals surface area contributed by atoms with Gasteiger partial charge in [-0.05, 0) is 123 Å². The molecule has 0 saturated carbocycles. The molecule has 0 N–H and O–H groups in total. The van der Waals surface area contributed by atoms with E-state index >= 15 is 0 Å². The number of hydrogen-bond acceptors (Lipinski definition) is 0. The molecule has 0 atom stereocenters. The molecule has 8 aromatic rings. The molecule has 0 nitrogen and oxygen atoms in total. The van der Waals surface area contributed by atoms with Gasteiger partial charge in [-0.25, -0.2) is 0 Å². The zero-order valence-electron chi connectivity index (χ0n) is 28.9. The predicted octanol–water partition coefficient (Wildman–Crippen LogP) is 13.9. The van der Waals surface area contributed by atoms with Gasteiger partial charge in [0.2, 0.25) is 0 Å². The highest BCUT2D eigenvalue weighted by atomic mass is 14.2. The lowest BCUT2D eigenvalue weighted by molar-refractivity contribution is 0.591. The highest BCUT2D eigenvalue weighted by molar-refractivity contribution is 6.09. The summed E-state index contributed by atoms with van der Waals surface area (Å²) in [7, 11) is 0. The topological polar surface area (TPSA) is 0 Å². The van der Waals surface area contributed by atoms with Crippen LogP contribution in [0.25, 0.3) is 76.5 Å². The van der Waals surface area contributed by atoms with Crippen molar-refractivity contribution < 1.29 is 0 Å². The van der Waals surface area contributed by atoms with Crippen molar-refractivity contribution in [3.63, 3.8) is 0 Å². The van der Waals surface area contributed by atoms with Crippen molar-refractivity contribution in [3.8, 4) is 33.4 Å². The van der Waals surface area contributed by atoms with Crippen molar-refractivity contribution in [3.05, 3.63) is 157 Å². The summed E-state index contributed by atoms with van der Waals surface area (Å²) in [5.74, 6) is 0. The fourth-order valence-corrected chi connectivity index (χ4v) is 7.19. The van der Waals surface area contributed by atoms with E-state index < -0.39 is 0 Å². The third kappa shape index (κ3) is 5.46. The molecule has 0 heterocycles. The lowest BCUT2D eigenvalue weighted by Crippen LogP contribution is -2.10. The smallest absolute Gasteiger partial charge is 0.0105 e. The summed E-state index contributed by atoms with van der Waals surface area (Å²) in [4.78, 5) is 0. The second-order valence-corrected chi connectivity index (χ2v) is 15.5. The van der Waals surface area contributed by atoms with Gasteiger partial charge in [0, 0.05) is 0 Å². The van der Waals surface area contributed by atoms with E-state index in [2.05, 4.69) is 187 Å². The van der Waals surface area contributed by atoms with Crippen LogP contribution in [-0.2, 0) is 10.8 Å². The van der Waals surface area contributed by atoms with Crippen LogP contribution < -0.4 is 0 Å². The van der Waals surface area contributed by atoms with Crippen LogP contribution in [0, 0.1) is 0 Å². The molecular formula is C48H42. The first-order valence-electron chi connectivity index (χ1n) is 17.2. The minimum absolute atomic E-state index is 0.138. The molecule has 234 valence electrons. The molecule has 0 amide bonds. The maximum Gasteiger partial charge on any atom is -0.0105 e. The van der Waals surface area contributed by atoms with Gasteiger partial charge in [-0.2, -0.15) is 0 Å². The van der Waals surface area contributed by atoms with Gasteiger partial charge in [-0.1, -0.05) is 163 Å². The Morgan fingerprint density at radius 1 is 0.271 bits per heavy atom.